The first-order chi connectivity index (χ1) is 8.58. The maximum atomic E-state index is 11.5. The molecule has 1 heterocycles. The van der Waals surface area contributed by atoms with Gasteiger partial charge in [-0.25, -0.2) is 0 Å². The number of carbonyl (C=O) groups excluding carboxylic acids is 1. The van der Waals surface area contributed by atoms with Crippen molar-refractivity contribution in [3.05, 3.63) is 11.6 Å². The van der Waals surface area contributed by atoms with Crippen molar-refractivity contribution in [3.63, 3.8) is 0 Å². The second-order valence-corrected chi connectivity index (χ2v) is 4.24. The van der Waals surface area contributed by atoms with Crippen molar-refractivity contribution in [3.8, 4) is 0 Å². The number of carbonyl (C=O) groups is 1. The van der Waals surface area contributed by atoms with Gasteiger partial charge in [0.05, 0.1) is 19.7 Å². The fraction of sp³-hybridized carbons (Fsp3) is 0.750. The third-order valence-corrected chi connectivity index (χ3v) is 2.75. The zero-order chi connectivity index (χ0) is 13.5. The Morgan fingerprint density at radius 1 is 1.39 bits per heavy atom. The lowest BCUT2D eigenvalue weighted by Gasteiger charge is -2.19. The van der Waals surface area contributed by atoms with Gasteiger partial charge in [0, 0.05) is 7.05 Å². The van der Waals surface area contributed by atoms with E-state index in [0.29, 0.717) is 19.7 Å². The normalized spacial score (nSPS) is 10.9. The number of esters is 1. The Balaban J connectivity index is 2.62. The summed E-state index contributed by atoms with van der Waals surface area (Å²) in [6.45, 7) is 7.98. The van der Waals surface area contributed by atoms with E-state index in [1.807, 2.05) is 30.4 Å². The Morgan fingerprint density at radius 2 is 2.11 bits per heavy atom. The van der Waals surface area contributed by atoms with Crippen LogP contribution >= 0.6 is 0 Å². The fourth-order valence-corrected chi connectivity index (χ4v) is 1.71. The second kappa shape index (κ2) is 7.10. The molecule has 0 unspecified atom stereocenters. The van der Waals surface area contributed by atoms with Gasteiger partial charge in [-0.05, 0) is 26.8 Å². The van der Waals surface area contributed by atoms with Crippen molar-refractivity contribution in [2.75, 3.05) is 19.7 Å². The molecule has 0 atom stereocenters. The van der Waals surface area contributed by atoms with Crippen LogP contribution in [0.2, 0.25) is 0 Å². The predicted molar refractivity (Wildman–Crippen MR) is 67.9 cm³/mol. The van der Waals surface area contributed by atoms with Crippen LogP contribution in [-0.4, -0.2) is 45.3 Å². The molecule has 0 aromatic carbocycles. The van der Waals surface area contributed by atoms with Crippen LogP contribution in [0.5, 0.6) is 0 Å². The molecule has 0 bridgehead atoms. The van der Waals surface area contributed by atoms with Gasteiger partial charge >= 0.3 is 5.97 Å². The molecule has 0 aliphatic carbocycles. The van der Waals surface area contributed by atoms with Crippen LogP contribution in [0.25, 0.3) is 0 Å². The Bertz CT molecular complexity index is 389. The van der Waals surface area contributed by atoms with Crippen LogP contribution < -0.4 is 0 Å². The molecule has 0 fully saturated rings. The smallest absolute Gasteiger partial charge is 0.320 e. The van der Waals surface area contributed by atoms with Gasteiger partial charge < -0.3 is 9.30 Å². The van der Waals surface area contributed by atoms with Crippen molar-refractivity contribution in [1.82, 2.24) is 19.7 Å². The molecule has 18 heavy (non-hydrogen) atoms. The Hall–Kier alpha value is -1.43. The van der Waals surface area contributed by atoms with Gasteiger partial charge in [-0.3, -0.25) is 9.69 Å². The molecule has 0 amide bonds. The van der Waals surface area contributed by atoms with E-state index in [0.717, 1.165) is 24.6 Å². The molecule has 6 heteroatoms. The number of nitrogens with zero attached hydrogens (tertiary/aromatic N) is 4. The first kappa shape index (κ1) is 14.6. The maximum absolute atomic E-state index is 11.5. The molecular formula is C12H22N4O2. The number of ether oxygens (including phenoxy) is 1. The summed E-state index contributed by atoms with van der Waals surface area (Å²) >= 11 is 0. The number of hydrogen-bond acceptors (Lipinski definition) is 5. The largest absolute Gasteiger partial charge is 0.465 e. The van der Waals surface area contributed by atoms with Crippen LogP contribution in [0.3, 0.4) is 0 Å². The molecule has 0 N–H and O–H groups in total. The van der Waals surface area contributed by atoms with Crippen LogP contribution in [0.1, 0.15) is 31.9 Å². The molecule has 0 radical (unpaired) electrons. The SMILES string of the molecule is CCCN(CC(=O)OCC)Cc1nnc(C)n1C. The summed E-state index contributed by atoms with van der Waals surface area (Å²) in [7, 11) is 1.93. The zero-order valence-corrected chi connectivity index (χ0v) is 11.6. The number of hydrogen-bond donors (Lipinski definition) is 0. The van der Waals surface area contributed by atoms with Crippen LogP contribution in [0.15, 0.2) is 0 Å². The third-order valence-electron chi connectivity index (χ3n) is 2.75. The molecular weight excluding hydrogens is 232 g/mol. The first-order valence-electron chi connectivity index (χ1n) is 6.31. The summed E-state index contributed by atoms with van der Waals surface area (Å²) in [6, 6.07) is 0. The Labute approximate surface area is 108 Å². The highest BCUT2D eigenvalue weighted by Gasteiger charge is 2.14. The van der Waals surface area contributed by atoms with E-state index in [-0.39, 0.29) is 5.97 Å². The monoisotopic (exact) mass is 254 g/mol. The lowest BCUT2D eigenvalue weighted by molar-refractivity contribution is -0.144. The summed E-state index contributed by atoms with van der Waals surface area (Å²) in [5.41, 5.74) is 0. The molecule has 102 valence electrons. The van der Waals surface area contributed by atoms with Crippen molar-refractivity contribution in [2.24, 2.45) is 7.05 Å². The summed E-state index contributed by atoms with van der Waals surface area (Å²) in [5, 5.41) is 8.12. The van der Waals surface area contributed by atoms with E-state index in [1.54, 1.807) is 0 Å². The Kier molecular flexibility index (Phi) is 5.77. The quantitative estimate of drug-likeness (QED) is 0.677. The van der Waals surface area contributed by atoms with Gasteiger partial charge in [-0.15, -0.1) is 10.2 Å². The average Bonchev–Trinajstić information content (AvgIpc) is 2.61. The van der Waals surface area contributed by atoms with Gasteiger partial charge in [-0.1, -0.05) is 6.92 Å². The van der Waals surface area contributed by atoms with Crippen molar-refractivity contribution in [1.29, 1.82) is 0 Å². The van der Waals surface area contributed by atoms with Crippen LogP contribution in [0, 0.1) is 6.92 Å². The minimum atomic E-state index is -0.190. The minimum Gasteiger partial charge on any atom is -0.465 e. The first-order valence-corrected chi connectivity index (χ1v) is 6.31. The van der Waals surface area contributed by atoms with E-state index in [9.17, 15) is 4.79 Å². The van der Waals surface area contributed by atoms with Gasteiger partial charge in [0.25, 0.3) is 0 Å². The van der Waals surface area contributed by atoms with Crippen molar-refractivity contribution >= 4 is 5.97 Å². The van der Waals surface area contributed by atoms with E-state index in [1.165, 1.54) is 0 Å². The van der Waals surface area contributed by atoms with Crippen molar-refractivity contribution < 1.29 is 9.53 Å². The van der Waals surface area contributed by atoms with Gasteiger partial charge in [0.15, 0.2) is 0 Å². The molecule has 0 saturated heterocycles. The zero-order valence-electron chi connectivity index (χ0n) is 11.6. The molecule has 1 aromatic heterocycles. The van der Waals surface area contributed by atoms with Gasteiger partial charge in [0.1, 0.15) is 11.6 Å². The highest BCUT2D eigenvalue weighted by molar-refractivity contribution is 5.71. The highest BCUT2D eigenvalue weighted by atomic mass is 16.5. The summed E-state index contributed by atoms with van der Waals surface area (Å²) in [6.07, 6.45) is 0.982. The standard InChI is InChI=1S/C12H22N4O2/c1-5-7-16(9-12(17)18-6-2)8-11-14-13-10(3)15(11)4/h5-9H2,1-4H3. The summed E-state index contributed by atoms with van der Waals surface area (Å²) < 4.78 is 6.91. The minimum absolute atomic E-state index is 0.190. The molecule has 1 rings (SSSR count). The summed E-state index contributed by atoms with van der Waals surface area (Å²) in [4.78, 5) is 13.5. The van der Waals surface area contributed by atoms with E-state index in [2.05, 4.69) is 17.1 Å². The van der Waals surface area contributed by atoms with E-state index in [4.69, 9.17) is 4.74 Å². The average molecular weight is 254 g/mol. The third kappa shape index (κ3) is 4.10. The van der Waals surface area contributed by atoms with E-state index < -0.39 is 0 Å². The van der Waals surface area contributed by atoms with Gasteiger partial charge in [-0.2, -0.15) is 0 Å². The van der Waals surface area contributed by atoms with Crippen molar-refractivity contribution in [2.45, 2.75) is 33.7 Å². The van der Waals surface area contributed by atoms with Crippen LogP contribution in [-0.2, 0) is 23.1 Å². The number of aryl methyl sites for hydroxylation is 1. The lowest BCUT2D eigenvalue weighted by atomic mass is 10.3. The maximum Gasteiger partial charge on any atom is 0.320 e. The topological polar surface area (TPSA) is 60.3 Å². The molecule has 0 aliphatic heterocycles. The lowest BCUT2D eigenvalue weighted by Crippen LogP contribution is -2.32. The summed E-state index contributed by atoms with van der Waals surface area (Å²) in [5.74, 6) is 1.55. The number of rotatable bonds is 7. The highest BCUT2D eigenvalue weighted by Crippen LogP contribution is 2.04. The number of aromatic nitrogens is 3. The molecule has 0 aliphatic rings. The predicted octanol–water partition coefficient (Wildman–Crippen LogP) is 0.899. The van der Waals surface area contributed by atoms with Crippen LogP contribution in [0.4, 0.5) is 0 Å². The molecule has 0 saturated carbocycles. The van der Waals surface area contributed by atoms with Gasteiger partial charge in [0.2, 0.25) is 0 Å². The molecule has 1 aromatic rings. The second-order valence-electron chi connectivity index (χ2n) is 4.24. The fourth-order valence-electron chi connectivity index (χ4n) is 1.71. The molecule has 0 spiro atoms. The Morgan fingerprint density at radius 3 is 2.61 bits per heavy atom. The molecule has 6 nitrogen and oxygen atoms in total. The van der Waals surface area contributed by atoms with E-state index >= 15 is 0 Å².